The molecule has 1 aromatic carbocycles. The molecule has 2 aromatic rings. The van der Waals surface area contributed by atoms with Crippen molar-refractivity contribution in [2.45, 2.75) is 19.4 Å². The zero-order valence-electron chi connectivity index (χ0n) is 10.8. The Labute approximate surface area is 113 Å². The summed E-state index contributed by atoms with van der Waals surface area (Å²) in [6.07, 6.45) is 3.88. The molecule has 0 saturated heterocycles. The van der Waals surface area contributed by atoms with Gasteiger partial charge < -0.3 is 5.32 Å². The van der Waals surface area contributed by atoms with Crippen molar-refractivity contribution in [3.8, 4) is 6.07 Å². The molecule has 0 aliphatic carbocycles. The van der Waals surface area contributed by atoms with Crippen LogP contribution in [0.5, 0.6) is 0 Å². The zero-order chi connectivity index (χ0) is 13.3. The highest BCUT2D eigenvalue weighted by Crippen LogP contribution is 2.03. The van der Waals surface area contributed by atoms with Crippen LogP contribution in [0, 0.1) is 11.3 Å². The minimum atomic E-state index is 0.476. The number of nitriles is 1. The smallest absolute Gasteiger partial charge is 0.140 e. The predicted octanol–water partition coefficient (Wildman–Crippen LogP) is 2.68. The first kappa shape index (κ1) is 13.3. The maximum absolute atomic E-state index is 8.76. The number of rotatable bonds is 6. The van der Waals surface area contributed by atoms with Crippen molar-refractivity contribution in [1.82, 2.24) is 10.3 Å². The Morgan fingerprint density at radius 1 is 1.11 bits per heavy atom. The number of nitrogens with one attached hydrogen (secondary N) is 1. The van der Waals surface area contributed by atoms with Gasteiger partial charge in [0.2, 0.25) is 0 Å². The van der Waals surface area contributed by atoms with E-state index >= 15 is 0 Å². The van der Waals surface area contributed by atoms with Gasteiger partial charge in [-0.15, -0.1) is 0 Å². The van der Waals surface area contributed by atoms with Crippen molar-refractivity contribution in [2.24, 2.45) is 0 Å². The van der Waals surface area contributed by atoms with Gasteiger partial charge in [-0.05, 0) is 42.6 Å². The Kier molecular flexibility index (Phi) is 5.09. The van der Waals surface area contributed by atoms with Crippen LogP contribution >= 0.6 is 0 Å². The number of aryl methyl sites for hydroxylation is 1. The molecule has 0 aliphatic heterocycles. The normalized spacial score (nSPS) is 10.1. The summed E-state index contributed by atoms with van der Waals surface area (Å²) in [6.45, 7) is 1.76. The van der Waals surface area contributed by atoms with Gasteiger partial charge in [0.1, 0.15) is 11.8 Å². The molecule has 0 atom stereocenters. The third-order valence-corrected chi connectivity index (χ3v) is 2.93. The van der Waals surface area contributed by atoms with Crippen LogP contribution in [0.25, 0.3) is 0 Å². The van der Waals surface area contributed by atoms with Crippen molar-refractivity contribution < 1.29 is 0 Å². The van der Waals surface area contributed by atoms with Gasteiger partial charge in [0.05, 0.1) is 0 Å². The highest BCUT2D eigenvalue weighted by atomic mass is 14.8. The van der Waals surface area contributed by atoms with Crippen molar-refractivity contribution in [3.05, 3.63) is 65.5 Å². The van der Waals surface area contributed by atoms with E-state index in [1.165, 1.54) is 5.56 Å². The SMILES string of the molecule is N#Cc1cc(CNCCCc2ccccc2)ccn1. The molecule has 1 aromatic heterocycles. The number of benzene rings is 1. The van der Waals surface area contributed by atoms with Crippen molar-refractivity contribution in [1.29, 1.82) is 5.26 Å². The van der Waals surface area contributed by atoms with E-state index in [0.717, 1.165) is 31.5 Å². The molecule has 96 valence electrons. The summed E-state index contributed by atoms with van der Waals surface area (Å²) in [7, 11) is 0. The number of pyridine rings is 1. The molecule has 3 heteroatoms. The predicted molar refractivity (Wildman–Crippen MR) is 75.4 cm³/mol. The van der Waals surface area contributed by atoms with Crippen LogP contribution in [0.3, 0.4) is 0 Å². The molecule has 0 fully saturated rings. The summed E-state index contributed by atoms with van der Waals surface area (Å²) in [6, 6.07) is 16.3. The highest BCUT2D eigenvalue weighted by Gasteiger charge is 1.96. The Morgan fingerprint density at radius 3 is 2.74 bits per heavy atom. The van der Waals surface area contributed by atoms with Gasteiger partial charge in [-0.2, -0.15) is 5.26 Å². The summed E-state index contributed by atoms with van der Waals surface area (Å²) < 4.78 is 0. The second-order valence-electron chi connectivity index (χ2n) is 4.43. The van der Waals surface area contributed by atoms with Gasteiger partial charge in [0, 0.05) is 12.7 Å². The summed E-state index contributed by atoms with van der Waals surface area (Å²) >= 11 is 0. The fraction of sp³-hybridized carbons (Fsp3) is 0.250. The largest absolute Gasteiger partial charge is 0.313 e. The van der Waals surface area contributed by atoms with Gasteiger partial charge in [0.15, 0.2) is 0 Å². The van der Waals surface area contributed by atoms with E-state index in [-0.39, 0.29) is 0 Å². The summed E-state index contributed by atoms with van der Waals surface area (Å²) in [5, 5.41) is 12.2. The zero-order valence-corrected chi connectivity index (χ0v) is 10.8. The molecule has 0 radical (unpaired) electrons. The van der Waals surface area contributed by atoms with Gasteiger partial charge >= 0.3 is 0 Å². The molecule has 0 amide bonds. The van der Waals surface area contributed by atoms with Crippen LogP contribution in [-0.2, 0) is 13.0 Å². The van der Waals surface area contributed by atoms with E-state index in [9.17, 15) is 0 Å². The van der Waals surface area contributed by atoms with Crippen LogP contribution < -0.4 is 5.32 Å². The first-order chi connectivity index (χ1) is 9.38. The van der Waals surface area contributed by atoms with Gasteiger partial charge in [-0.1, -0.05) is 30.3 Å². The third kappa shape index (κ3) is 4.53. The quantitative estimate of drug-likeness (QED) is 0.803. The van der Waals surface area contributed by atoms with Crippen LogP contribution in [0.2, 0.25) is 0 Å². The maximum Gasteiger partial charge on any atom is 0.140 e. The molecule has 19 heavy (non-hydrogen) atoms. The molecular formula is C16H17N3. The second kappa shape index (κ2) is 7.30. The van der Waals surface area contributed by atoms with E-state index < -0.39 is 0 Å². The van der Waals surface area contributed by atoms with E-state index in [4.69, 9.17) is 5.26 Å². The summed E-state index contributed by atoms with van der Waals surface area (Å²) in [4.78, 5) is 3.95. The van der Waals surface area contributed by atoms with Gasteiger partial charge in [0.25, 0.3) is 0 Å². The van der Waals surface area contributed by atoms with Gasteiger partial charge in [-0.25, -0.2) is 4.98 Å². The molecular weight excluding hydrogens is 234 g/mol. The number of hydrogen-bond acceptors (Lipinski definition) is 3. The third-order valence-electron chi connectivity index (χ3n) is 2.93. The van der Waals surface area contributed by atoms with E-state index in [2.05, 4.69) is 40.6 Å². The average molecular weight is 251 g/mol. The molecule has 0 spiro atoms. The lowest BCUT2D eigenvalue weighted by Gasteiger charge is -2.05. The lowest BCUT2D eigenvalue weighted by atomic mass is 10.1. The molecule has 0 aliphatic rings. The fourth-order valence-corrected chi connectivity index (χ4v) is 1.94. The van der Waals surface area contributed by atoms with E-state index in [1.54, 1.807) is 6.20 Å². The summed E-state index contributed by atoms with van der Waals surface area (Å²) in [5.41, 5.74) is 2.95. The Morgan fingerprint density at radius 2 is 1.95 bits per heavy atom. The highest BCUT2D eigenvalue weighted by molar-refractivity contribution is 5.25. The van der Waals surface area contributed by atoms with Gasteiger partial charge in [-0.3, -0.25) is 0 Å². The lowest BCUT2D eigenvalue weighted by Crippen LogP contribution is -2.15. The first-order valence-corrected chi connectivity index (χ1v) is 6.48. The first-order valence-electron chi connectivity index (χ1n) is 6.48. The van der Waals surface area contributed by atoms with Crippen molar-refractivity contribution in [3.63, 3.8) is 0 Å². The molecule has 0 bridgehead atoms. The van der Waals surface area contributed by atoms with Crippen LogP contribution in [0.1, 0.15) is 23.2 Å². The van der Waals surface area contributed by atoms with E-state index in [0.29, 0.717) is 5.69 Å². The topological polar surface area (TPSA) is 48.7 Å². The lowest BCUT2D eigenvalue weighted by molar-refractivity contribution is 0.649. The Bertz CT molecular complexity index is 543. The Hall–Kier alpha value is -2.18. The molecule has 1 N–H and O–H groups in total. The van der Waals surface area contributed by atoms with Crippen molar-refractivity contribution in [2.75, 3.05) is 6.54 Å². The van der Waals surface area contributed by atoms with Crippen LogP contribution in [-0.4, -0.2) is 11.5 Å². The minimum Gasteiger partial charge on any atom is -0.313 e. The maximum atomic E-state index is 8.76. The molecule has 2 rings (SSSR count). The second-order valence-corrected chi connectivity index (χ2v) is 4.43. The Balaban J connectivity index is 1.68. The monoisotopic (exact) mass is 251 g/mol. The molecule has 0 unspecified atom stereocenters. The minimum absolute atomic E-state index is 0.476. The number of nitrogens with zero attached hydrogens (tertiary/aromatic N) is 2. The average Bonchev–Trinajstić information content (AvgIpc) is 2.48. The fourth-order valence-electron chi connectivity index (χ4n) is 1.94. The number of hydrogen-bond donors (Lipinski definition) is 1. The van der Waals surface area contributed by atoms with Crippen molar-refractivity contribution >= 4 is 0 Å². The van der Waals surface area contributed by atoms with Crippen LogP contribution in [0.4, 0.5) is 0 Å². The van der Waals surface area contributed by atoms with E-state index in [1.807, 2.05) is 18.2 Å². The molecule has 1 heterocycles. The molecule has 3 nitrogen and oxygen atoms in total. The molecule has 0 saturated carbocycles. The summed E-state index contributed by atoms with van der Waals surface area (Å²) in [5.74, 6) is 0. The van der Waals surface area contributed by atoms with Crippen LogP contribution in [0.15, 0.2) is 48.7 Å². The standard InChI is InChI=1S/C16H17N3/c17-12-16-11-15(8-10-19-16)13-18-9-4-7-14-5-2-1-3-6-14/h1-3,5-6,8,10-11,18H,4,7,9,13H2. The number of aromatic nitrogens is 1.